The van der Waals surface area contributed by atoms with Crippen molar-refractivity contribution in [2.45, 2.75) is 6.92 Å². The molecule has 0 spiro atoms. The third-order valence-corrected chi connectivity index (χ3v) is 2.76. The Balaban J connectivity index is 2.24. The maximum Gasteiger partial charge on any atom is 0.253 e. The van der Waals surface area contributed by atoms with E-state index in [-0.39, 0.29) is 0 Å². The van der Waals surface area contributed by atoms with Gasteiger partial charge in [-0.15, -0.1) is 5.10 Å². The number of hydrogen-bond acceptors (Lipinski definition) is 4. The zero-order valence-corrected chi connectivity index (χ0v) is 9.70. The van der Waals surface area contributed by atoms with Crippen LogP contribution in [0.2, 0.25) is 0 Å². The minimum absolute atomic E-state index is 0.505. The Labute approximate surface area is 103 Å². The molecule has 5 nitrogen and oxygen atoms in total. The minimum atomic E-state index is 0.505. The summed E-state index contributed by atoms with van der Waals surface area (Å²) in [5.74, 6) is 1.12. The second-order valence-corrected chi connectivity index (χ2v) is 3.88. The van der Waals surface area contributed by atoms with Crippen LogP contribution in [0, 0.1) is 18.3 Å². The van der Waals surface area contributed by atoms with E-state index in [2.05, 4.69) is 21.1 Å². The number of fused-ring (bicyclic) bond motifs is 1. The lowest BCUT2D eigenvalue weighted by Crippen LogP contribution is -1.99. The van der Waals surface area contributed by atoms with E-state index in [0.717, 1.165) is 11.3 Å². The summed E-state index contributed by atoms with van der Waals surface area (Å²) in [6.45, 7) is 1.83. The van der Waals surface area contributed by atoms with Crippen molar-refractivity contribution in [2.75, 3.05) is 0 Å². The van der Waals surface area contributed by atoms with Gasteiger partial charge in [0.15, 0.2) is 5.82 Å². The van der Waals surface area contributed by atoms with Crippen LogP contribution in [0.15, 0.2) is 36.5 Å². The molecule has 0 aliphatic carbocycles. The molecule has 0 unspecified atom stereocenters. The minimum Gasteiger partial charge on any atom is -0.218 e. The van der Waals surface area contributed by atoms with Gasteiger partial charge in [-0.05, 0) is 6.92 Å². The molecule has 0 N–H and O–H groups in total. The van der Waals surface area contributed by atoms with E-state index in [0.29, 0.717) is 17.2 Å². The topological polar surface area (TPSA) is 66.9 Å². The first-order chi connectivity index (χ1) is 8.79. The molecule has 2 heterocycles. The molecule has 0 fully saturated rings. The van der Waals surface area contributed by atoms with Crippen LogP contribution in [0.25, 0.3) is 17.2 Å². The highest BCUT2D eigenvalue weighted by Gasteiger charge is 2.10. The summed E-state index contributed by atoms with van der Waals surface area (Å²) in [6.07, 6.45) is 1.52. The van der Waals surface area contributed by atoms with Crippen LogP contribution in [-0.4, -0.2) is 19.6 Å². The van der Waals surface area contributed by atoms with Gasteiger partial charge >= 0.3 is 0 Å². The second-order valence-electron chi connectivity index (χ2n) is 3.88. The average Bonchev–Trinajstić information content (AvgIpc) is 2.85. The van der Waals surface area contributed by atoms with Gasteiger partial charge in [-0.2, -0.15) is 14.8 Å². The number of nitrogens with zero attached hydrogens (tertiary/aromatic N) is 5. The number of hydrogen-bond donors (Lipinski definition) is 0. The molecule has 18 heavy (non-hydrogen) atoms. The quantitative estimate of drug-likeness (QED) is 0.646. The highest BCUT2D eigenvalue weighted by Crippen LogP contribution is 2.16. The summed E-state index contributed by atoms with van der Waals surface area (Å²) in [6, 6.07) is 11.8. The Hall–Kier alpha value is -2.74. The Kier molecular flexibility index (Phi) is 2.27. The number of benzene rings is 1. The zero-order chi connectivity index (χ0) is 12.5. The molecule has 0 bridgehead atoms. The Morgan fingerprint density at radius 1 is 1.22 bits per heavy atom. The highest BCUT2D eigenvalue weighted by molar-refractivity contribution is 5.57. The van der Waals surface area contributed by atoms with Gasteiger partial charge in [0, 0.05) is 5.56 Å². The first kappa shape index (κ1) is 10.4. The van der Waals surface area contributed by atoms with Crippen molar-refractivity contribution in [2.24, 2.45) is 0 Å². The maximum absolute atomic E-state index is 8.95. The summed E-state index contributed by atoms with van der Waals surface area (Å²) in [7, 11) is 0. The van der Waals surface area contributed by atoms with E-state index in [9.17, 15) is 0 Å². The van der Waals surface area contributed by atoms with E-state index >= 15 is 0 Å². The lowest BCUT2D eigenvalue weighted by molar-refractivity contribution is 0.891. The molecule has 0 aliphatic rings. The first-order valence-electron chi connectivity index (χ1n) is 5.47. The fraction of sp³-hybridized carbons (Fsp3) is 0.0769. The van der Waals surface area contributed by atoms with E-state index in [1.54, 1.807) is 4.52 Å². The summed E-state index contributed by atoms with van der Waals surface area (Å²) in [4.78, 5) is 8.48. The number of aryl methyl sites for hydroxylation is 1. The lowest BCUT2D eigenvalue weighted by atomic mass is 10.2. The van der Waals surface area contributed by atoms with Crippen LogP contribution in [0.3, 0.4) is 0 Å². The molecule has 3 rings (SSSR count). The van der Waals surface area contributed by atoms with Crippen molar-refractivity contribution in [3.8, 4) is 17.5 Å². The molecule has 2 aromatic heterocycles. The van der Waals surface area contributed by atoms with Crippen LogP contribution in [-0.2, 0) is 0 Å². The van der Waals surface area contributed by atoms with Gasteiger partial charge in [0.1, 0.15) is 6.07 Å². The summed E-state index contributed by atoms with van der Waals surface area (Å²) in [5, 5.41) is 13.3. The van der Waals surface area contributed by atoms with Crippen LogP contribution >= 0.6 is 0 Å². The molecule has 0 aliphatic heterocycles. The van der Waals surface area contributed by atoms with Crippen molar-refractivity contribution in [1.29, 1.82) is 5.26 Å². The predicted molar refractivity (Wildman–Crippen MR) is 65.7 cm³/mol. The third-order valence-electron chi connectivity index (χ3n) is 2.76. The zero-order valence-electron chi connectivity index (χ0n) is 9.70. The standard InChI is InChI=1S/C13H9N5/c1-9-11(7-14)8-15-13-16-12(17-18(9)13)10-5-3-2-4-6-10/h2-6,8H,1H3. The van der Waals surface area contributed by atoms with Crippen molar-refractivity contribution in [1.82, 2.24) is 19.6 Å². The van der Waals surface area contributed by atoms with E-state index < -0.39 is 0 Å². The molecule has 3 aromatic rings. The van der Waals surface area contributed by atoms with Gasteiger partial charge in [0.05, 0.1) is 17.5 Å². The summed E-state index contributed by atoms with van der Waals surface area (Å²) < 4.78 is 1.60. The molecule has 0 saturated heterocycles. The monoisotopic (exact) mass is 235 g/mol. The van der Waals surface area contributed by atoms with Crippen LogP contribution in [0.5, 0.6) is 0 Å². The highest BCUT2D eigenvalue weighted by atomic mass is 15.3. The van der Waals surface area contributed by atoms with Gasteiger partial charge in [-0.3, -0.25) is 0 Å². The molecule has 1 aromatic carbocycles. The van der Waals surface area contributed by atoms with Gasteiger partial charge < -0.3 is 0 Å². The van der Waals surface area contributed by atoms with Crippen molar-refractivity contribution in [3.05, 3.63) is 47.8 Å². The second kappa shape index (κ2) is 3.93. The van der Waals surface area contributed by atoms with Crippen molar-refractivity contribution in [3.63, 3.8) is 0 Å². The first-order valence-corrected chi connectivity index (χ1v) is 5.47. The number of rotatable bonds is 1. The van der Waals surface area contributed by atoms with Gasteiger partial charge in [-0.1, -0.05) is 30.3 Å². The Morgan fingerprint density at radius 2 is 2.00 bits per heavy atom. The SMILES string of the molecule is Cc1c(C#N)cnc2nc(-c3ccccc3)nn12. The molecule has 0 radical (unpaired) electrons. The van der Waals surface area contributed by atoms with Crippen molar-refractivity contribution >= 4 is 5.78 Å². The number of nitriles is 1. The molecule has 86 valence electrons. The third kappa shape index (κ3) is 1.52. The Bertz CT molecular complexity index is 752. The largest absolute Gasteiger partial charge is 0.253 e. The molecule has 0 saturated carbocycles. The normalized spacial score (nSPS) is 10.4. The van der Waals surface area contributed by atoms with E-state index in [1.165, 1.54) is 6.20 Å². The van der Waals surface area contributed by atoms with Crippen LogP contribution in [0.4, 0.5) is 0 Å². The molecular weight excluding hydrogens is 226 g/mol. The molecule has 5 heteroatoms. The van der Waals surface area contributed by atoms with E-state index in [4.69, 9.17) is 5.26 Å². The lowest BCUT2D eigenvalue weighted by Gasteiger charge is -1.97. The summed E-state index contributed by atoms with van der Waals surface area (Å²) in [5.41, 5.74) is 2.19. The molecule has 0 atom stereocenters. The van der Waals surface area contributed by atoms with Gasteiger partial charge in [0.25, 0.3) is 5.78 Å². The van der Waals surface area contributed by atoms with E-state index in [1.807, 2.05) is 37.3 Å². The predicted octanol–water partition coefficient (Wildman–Crippen LogP) is 1.97. The molecular formula is C13H9N5. The van der Waals surface area contributed by atoms with Gasteiger partial charge in [0.2, 0.25) is 0 Å². The van der Waals surface area contributed by atoms with Crippen LogP contribution < -0.4 is 0 Å². The average molecular weight is 235 g/mol. The fourth-order valence-corrected chi connectivity index (χ4v) is 1.76. The maximum atomic E-state index is 8.95. The Morgan fingerprint density at radius 3 is 2.72 bits per heavy atom. The fourth-order valence-electron chi connectivity index (χ4n) is 1.76. The van der Waals surface area contributed by atoms with Gasteiger partial charge in [-0.25, -0.2) is 4.98 Å². The smallest absolute Gasteiger partial charge is 0.218 e. The van der Waals surface area contributed by atoms with Crippen molar-refractivity contribution < 1.29 is 0 Å². The number of aromatic nitrogens is 4. The van der Waals surface area contributed by atoms with Crippen LogP contribution in [0.1, 0.15) is 11.3 Å². The molecule has 0 amide bonds. The summed E-state index contributed by atoms with van der Waals surface area (Å²) >= 11 is 0.